The van der Waals surface area contributed by atoms with Gasteiger partial charge in [-0.3, -0.25) is 14.9 Å². The smallest absolute Gasteiger partial charge is 0.355 e. The lowest BCUT2D eigenvalue weighted by Gasteiger charge is -2.03. The van der Waals surface area contributed by atoms with Crippen molar-refractivity contribution in [3.63, 3.8) is 0 Å². The molecule has 0 radical (unpaired) electrons. The highest BCUT2D eigenvalue weighted by Crippen LogP contribution is 2.33. The Bertz CT molecular complexity index is 1170. The molecule has 1 aromatic heterocycles. The number of H-pyrrole nitrogens is 1. The Morgan fingerprint density at radius 3 is 2.57 bits per heavy atom. The molecule has 0 unspecified atom stereocenters. The molecule has 1 heterocycles. The van der Waals surface area contributed by atoms with Crippen LogP contribution in [0.5, 0.6) is 0 Å². The van der Waals surface area contributed by atoms with Gasteiger partial charge >= 0.3 is 5.97 Å². The minimum Gasteiger partial charge on any atom is -0.461 e. The monoisotopic (exact) mass is 447 g/mol. The average molecular weight is 448 g/mol. The Hall–Kier alpha value is -3.36. The Morgan fingerprint density at radius 2 is 1.93 bits per heavy atom. The highest BCUT2D eigenvalue weighted by atomic mass is 35.5. The van der Waals surface area contributed by atoms with Gasteiger partial charge in [-0.25, -0.2) is 4.79 Å². The number of benzene rings is 2. The maximum absolute atomic E-state index is 12.3. The lowest BCUT2D eigenvalue weighted by molar-refractivity contribution is -0.384. The number of nitrogens with one attached hydrogen (secondary N) is 2. The SMILES string of the molecule is CCOC(=O)c1[nH]c2cc(Cl)cc(Cl)c2c1/C=C/C(=O)Nc1ccc([N+](=O)[O-])cc1. The van der Waals surface area contributed by atoms with E-state index in [0.29, 0.717) is 32.2 Å². The highest BCUT2D eigenvalue weighted by molar-refractivity contribution is 6.39. The predicted octanol–water partition coefficient (Wildman–Crippen LogP) is 5.21. The fourth-order valence-corrected chi connectivity index (χ4v) is 3.41. The van der Waals surface area contributed by atoms with Crippen molar-refractivity contribution in [1.82, 2.24) is 4.98 Å². The van der Waals surface area contributed by atoms with Crippen molar-refractivity contribution in [1.29, 1.82) is 0 Å². The number of carbonyl (C=O) groups excluding carboxylic acids is 2. The normalized spacial score (nSPS) is 11.0. The van der Waals surface area contributed by atoms with Gasteiger partial charge in [-0.15, -0.1) is 0 Å². The molecule has 0 spiro atoms. The number of fused-ring (bicyclic) bond motifs is 1. The molecular weight excluding hydrogens is 433 g/mol. The number of nitro groups is 1. The van der Waals surface area contributed by atoms with Gasteiger partial charge in [0.25, 0.3) is 5.69 Å². The van der Waals surface area contributed by atoms with E-state index in [1.165, 1.54) is 42.5 Å². The number of non-ortho nitro benzene ring substituents is 1. The number of carbonyl (C=O) groups is 2. The van der Waals surface area contributed by atoms with Crippen LogP contribution >= 0.6 is 23.2 Å². The first kappa shape index (κ1) is 21.4. The number of ether oxygens (including phenoxy) is 1. The average Bonchev–Trinajstić information content (AvgIpc) is 3.05. The third-order valence-electron chi connectivity index (χ3n) is 4.08. The number of aromatic amines is 1. The zero-order valence-corrected chi connectivity index (χ0v) is 17.1. The van der Waals surface area contributed by atoms with Crippen LogP contribution in [0.3, 0.4) is 0 Å². The first-order valence-corrected chi connectivity index (χ1v) is 9.47. The Kier molecular flexibility index (Phi) is 6.39. The molecule has 3 rings (SSSR count). The van der Waals surface area contributed by atoms with Crippen molar-refractivity contribution in [2.45, 2.75) is 6.92 Å². The maximum Gasteiger partial charge on any atom is 0.355 e. The third-order valence-corrected chi connectivity index (χ3v) is 4.60. The number of anilines is 1. The molecule has 0 fully saturated rings. The fourth-order valence-electron chi connectivity index (χ4n) is 2.81. The summed E-state index contributed by atoms with van der Waals surface area (Å²) in [7, 11) is 0. The van der Waals surface area contributed by atoms with Crippen LogP contribution in [0.15, 0.2) is 42.5 Å². The zero-order chi connectivity index (χ0) is 21.8. The molecule has 0 atom stereocenters. The van der Waals surface area contributed by atoms with Crippen molar-refractivity contribution in [3.05, 3.63) is 73.9 Å². The molecule has 10 heteroatoms. The molecule has 0 aliphatic carbocycles. The van der Waals surface area contributed by atoms with E-state index in [1.807, 2.05) is 0 Å². The van der Waals surface area contributed by atoms with Crippen LogP contribution in [-0.2, 0) is 9.53 Å². The van der Waals surface area contributed by atoms with Crippen molar-refractivity contribution < 1.29 is 19.2 Å². The van der Waals surface area contributed by atoms with E-state index in [2.05, 4.69) is 10.3 Å². The van der Waals surface area contributed by atoms with E-state index in [0.717, 1.165) is 0 Å². The second-order valence-electron chi connectivity index (χ2n) is 6.07. The highest BCUT2D eigenvalue weighted by Gasteiger charge is 2.20. The summed E-state index contributed by atoms with van der Waals surface area (Å²) in [6.07, 6.45) is 2.66. The lowest BCUT2D eigenvalue weighted by Crippen LogP contribution is -2.08. The van der Waals surface area contributed by atoms with Crippen molar-refractivity contribution in [2.24, 2.45) is 0 Å². The maximum atomic E-state index is 12.3. The largest absolute Gasteiger partial charge is 0.461 e. The van der Waals surface area contributed by atoms with Crippen LogP contribution < -0.4 is 5.32 Å². The Labute approximate surface area is 180 Å². The first-order valence-electron chi connectivity index (χ1n) is 8.71. The fraction of sp³-hybridized carbons (Fsp3) is 0.100. The molecule has 0 aliphatic heterocycles. The summed E-state index contributed by atoms with van der Waals surface area (Å²) in [5, 5.41) is 14.5. The van der Waals surface area contributed by atoms with Crippen LogP contribution in [0, 0.1) is 10.1 Å². The van der Waals surface area contributed by atoms with Crippen LogP contribution in [-0.4, -0.2) is 28.4 Å². The summed E-state index contributed by atoms with van der Waals surface area (Å²) in [4.78, 5) is 37.7. The number of halogens is 2. The van der Waals surface area contributed by atoms with Crippen molar-refractivity contribution >= 4 is 63.4 Å². The topological polar surface area (TPSA) is 114 Å². The standard InChI is InChI=1S/C20H15Cl2N3O5/c1-2-30-20(27)19-14(18-15(22)9-11(21)10-16(18)24-19)7-8-17(26)23-12-3-5-13(6-4-12)25(28)29/h3-10,24H,2H2,1H3,(H,23,26)/b8-7+. The van der Waals surface area contributed by atoms with Gasteiger partial charge in [-0.2, -0.15) is 0 Å². The molecule has 0 aliphatic rings. The second-order valence-corrected chi connectivity index (χ2v) is 6.91. The molecule has 0 bridgehead atoms. The molecule has 3 aromatic rings. The van der Waals surface area contributed by atoms with Gasteiger partial charge in [0, 0.05) is 45.4 Å². The van der Waals surface area contributed by atoms with Crippen LogP contribution in [0.25, 0.3) is 17.0 Å². The number of nitro benzene ring substituents is 1. The number of esters is 1. The lowest BCUT2D eigenvalue weighted by atomic mass is 10.1. The van der Waals surface area contributed by atoms with Gasteiger partial charge in [-0.1, -0.05) is 23.2 Å². The Balaban J connectivity index is 1.92. The van der Waals surface area contributed by atoms with Gasteiger partial charge in [0.15, 0.2) is 0 Å². The quantitative estimate of drug-likeness (QED) is 0.233. The summed E-state index contributed by atoms with van der Waals surface area (Å²) in [5.74, 6) is -1.10. The molecule has 0 saturated carbocycles. The summed E-state index contributed by atoms with van der Waals surface area (Å²) in [6, 6.07) is 8.53. The zero-order valence-electron chi connectivity index (χ0n) is 15.6. The molecule has 8 nitrogen and oxygen atoms in total. The molecule has 154 valence electrons. The molecule has 2 N–H and O–H groups in total. The van der Waals surface area contributed by atoms with E-state index in [4.69, 9.17) is 27.9 Å². The van der Waals surface area contributed by atoms with Gasteiger partial charge in [0.1, 0.15) is 5.69 Å². The van der Waals surface area contributed by atoms with E-state index >= 15 is 0 Å². The van der Waals surface area contributed by atoms with E-state index in [9.17, 15) is 19.7 Å². The molecule has 0 saturated heterocycles. The van der Waals surface area contributed by atoms with E-state index in [1.54, 1.807) is 13.0 Å². The van der Waals surface area contributed by atoms with Crippen molar-refractivity contribution in [2.75, 3.05) is 11.9 Å². The minimum atomic E-state index is -0.601. The van der Waals surface area contributed by atoms with Crippen molar-refractivity contribution in [3.8, 4) is 0 Å². The number of amides is 1. The van der Waals surface area contributed by atoms with E-state index < -0.39 is 16.8 Å². The summed E-state index contributed by atoms with van der Waals surface area (Å²) in [5.41, 5.74) is 1.32. The van der Waals surface area contributed by atoms with Gasteiger partial charge in [-0.05, 0) is 37.3 Å². The second kappa shape index (κ2) is 8.98. The van der Waals surface area contributed by atoms with Gasteiger partial charge in [0.2, 0.25) is 5.91 Å². The molecular formula is C20H15Cl2N3O5. The minimum absolute atomic E-state index is 0.0882. The first-order chi connectivity index (χ1) is 14.3. The summed E-state index contributed by atoms with van der Waals surface area (Å²) >= 11 is 12.3. The van der Waals surface area contributed by atoms with Crippen LogP contribution in [0.4, 0.5) is 11.4 Å². The number of aromatic nitrogens is 1. The summed E-state index contributed by atoms with van der Waals surface area (Å²) in [6.45, 7) is 1.85. The van der Waals surface area contributed by atoms with Gasteiger partial charge in [0.05, 0.1) is 16.6 Å². The van der Waals surface area contributed by atoms with Crippen LogP contribution in [0.1, 0.15) is 23.0 Å². The number of rotatable bonds is 6. The van der Waals surface area contributed by atoms with E-state index in [-0.39, 0.29) is 18.0 Å². The predicted molar refractivity (Wildman–Crippen MR) is 115 cm³/mol. The number of nitrogens with zero attached hydrogens (tertiary/aromatic N) is 1. The Morgan fingerprint density at radius 1 is 1.23 bits per heavy atom. The summed E-state index contributed by atoms with van der Waals surface area (Å²) < 4.78 is 5.07. The number of hydrogen-bond donors (Lipinski definition) is 2. The molecule has 2 aromatic carbocycles. The number of hydrogen-bond acceptors (Lipinski definition) is 5. The van der Waals surface area contributed by atoms with Gasteiger partial charge < -0.3 is 15.0 Å². The third kappa shape index (κ3) is 4.61. The van der Waals surface area contributed by atoms with Crippen LogP contribution in [0.2, 0.25) is 10.0 Å². The molecule has 1 amide bonds. The molecule has 30 heavy (non-hydrogen) atoms.